The summed E-state index contributed by atoms with van der Waals surface area (Å²) in [6, 6.07) is 8.57. The molecule has 0 aliphatic carbocycles. The van der Waals surface area contributed by atoms with E-state index >= 15 is 0 Å². The van der Waals surface area contributed by atoms with Crippen LogP contribution in [0.15, 0.2) is 29.2 Å². The normalized spacial score (nSPS) is 13.3. The standard InChI is InChI=1S/C15H22O2S/c1-11(5-10-14(16)17)18-13-8-6-12(7-9-13)15(2,3)4/h6-9,11H,5,10H2,1-4H3,(H,16,17). The van der Waals surface area contributed by atoms with Crippen LogP contribution in [0.3, 0.4) is 0 Å². The summed E-state index contributed by atoms with van der Waals surface area (Å²) in [4.78, 5) is 11.7. The van der Waals surface area contributed by atoms with Crippen LogP contribution in [-0.4, -0.2) is 16.3 Å². The molecule has 0 spiro atoms. The average molecular weight is 266 g/mol. The summed E-state index contributed by atoms with van der Waals surface area (Å²) in [5.41, 5.74) is 1.50. The van der Waals surface area contributed by atoms with E-state index in [2.05, 4.69) is 52.0 Å². The van der Waals surface area contributed by atoms with Crippen LogP contribution in [0.1, 0.15) is 46.1 Å². The number of carboxylic acids is 1. The largest absolute Gasteiger partial charge is 0.481 e. The Morgan fingerprint density at radius 1 is 1.28 bits per heavy atom. The minimum atomic E-state index is -0.717. The minimum absolute atomic E-state index is 0.179. The van der Waals surface area contributed by atoms with Crippen LogP contribution in [0.25, 0.3) is 0 Å². The van der Waals surface area contributed by atoms with Gasteiger partial charge in [0.15, 0.2) is 0 Å². The molecule has 0 aliphatic rings. The maximum Gasteiger partial charge on any atom is 0.303 e. The maximum atomic E-state index is 10.5. The first-order chi connectivity index (χ1) is 8.29. The third kappa shape index (κ3) is 5.13. The van der Waals surface area contributed by atoms with Gasteiger partial charge in [-0.3, -0.25) is 4.79 Å². The van der Waals surface area contributed by atoms with Crippen molar-refractivity contribution in [2.75, 3.05) is 0 Å². The summed E-state index contributed by atoms with van der Waals surface area (Å²) >= 11 is 1.74. The number of rotatable bonds is 5. The monoisotopic (exact) mass is 266 g/mol. The zero-order chi connectivity index (χ0) is 13.8. The highest BCUT2D eigenvalue weighted by molar-refractivity contribution is 7.99. The number of hydrogen-bond acceptors (Lipinski definition) is 2. The quantitative estimate of drug-likeness (QED) is 0.806. The Kier molecular flexibility index (Phi) is 5.27. The fourth-order valence-corrected chi connectivity index (χ4v) is 2.65. The molecule has 1 aromatic carbocycles. The number of carboxylic acid groups (broad SMARTS) is 1. The van der Waals surface area contributed by atoms with Crippen molar-refractivity contribution < 1.29 is 9.90 Å². The fourth-order valence-electron chi connectivity index (χ4n) is 1.65. The third-order valence-electron chi connectivity index (χ3n) is 2.82. The van der Waals surface area contributed by atoms with E-state index in [9.17, 15) is 4.79 Å². The lowest BCUT2D eigenvalue weighted by Crippen LogP contribution is -2.10. The molecular formula is C15H22O2S. The van der Waals surface area contributed by atoms with Crippen molar-refractivity contribution >= 4 is 17.7 Å². The highest BCUT2D eigenvalue weighted by atomic mass is 32.2. The van der Waals surface area contributed by atoms with Gasteiger partial charge in [0.25, 0.3) is 0 Å². The predicted octanol–water partition coefficient (Wildman–Crippen LogP) is 4.33. The van der Waals surface area contributed by atoms with E-state index < -0.39 is 5.97 Å². The van der Waals surface area contributed by atoms with Crippen LogP contribution in [0, 0.1) is 0 Å². The Morgan fingerprint density at radius 2 is 1.83 bits per heavy atom. The van der Waals surface area contributed by atoms with Crippen LogP contribution in [0.5, 0.6) is 0 Å². The molecule has 0 radical (unpaired) electrons. The summed E-state index contributed by atoms with van der Waals surface area (Å²) < 4.78 is 0. The second-order valence-corrected chi connectivity index (χ2v) is 7.15. The van der Waals surface area contributed by atoms with Gasteiger partial charge < -0.3 is 5.11 Å². The smallest absolute Gasteiger partial charge is 0.303 e. The Morgan fingerprint density at radius 3 is 2.28 bits per heavy atom. The molecule has 0 aliphatic heterocycles. The van der Waals surface area contributed by atoms with Gasteiger partial charge in [0, 0.05) is 16.6 Å². The van der Waals surface area contributed by atoms with Gasteiger partial charge in [0.1, 0.15) is 0 Å². The molecule has 1 aromatic rings. The van der Waals surface area contributed by atoms with E-state index in [0.717, 1.165) is 0 Å². The zero-order valence-corrected chi connectivity index (χ0v) is 12.4. The van der Waals surface area contributed by atoms with E-state index in [1.54, 1.807) is 11.8 Å². The average Bonchev–Trinajstić information content (AvgIpc) is 2.26. The molecule has 2 nitrogen and oxygen atoms in total. The summed E-state index contributed by atoms with van der Waals surface area (Å²) in [5.74, 6) is -0.717. The van der Waals surface area contributed by atoms with Gasteiger partial charge in [-0.05, 0) is 29.5 Å². The van der Waals surface area contributed by atoms with Crippen molar-refractivity contribution in [3.63, 3.8) is 0 Å². The molecule has 1 unspecified atom stereocenters. The molecule has 3 heteroatoms. The number of benzene rings is 1. The van der Waals surface area contributed by atoms with E-state index in [-0.39, 0.29) is 11.8 Å². The molecule has 1 atom stereocenters. The summed E-state index contributed by atoms with van der Waals surface area (Å²) in [5, 5.41) is 8.98. The van der Waals surface area contributed by atoms with Crippen molar-refractivity contribution in [2.24, 2.45) is 0 Å². The van der Waals surface area contributed by atoms with Crippen molar-refractivity contribution in [2.45, 2.75) is 56.1 Å². The van der Waals surface area contributed by atoms with Crippen molar-refractivity contribution in [1.82, 2.24) is 0 Å². The Balaban J connectivity index is 2.56. The Bertz CT molecular complexity index is 390. The van der Waals surface area contributed by atoms with Gasteiger partial charge in [-0.1, -0.05) is 39.8 Å². The number of carbonyl (C=O) groups is 1. The van der Waals surface area contributed by atoms with Crippen molar-refractivity contribution in [3.05, 3.63) is 29.8 Å². The molecule has 0 aromatic heterocycles. The summed E-state index contributed by atoms with van der Waals surface area (Å²) in [6.45, 7) is 8.67. The van der Waals surface area contributed by atoms with E-state index in [4.69, 9.17) is 5.11 Å². The first kappa shape index (κ1) is 15.1. The molecular weight excluding hydrogens is 244 g/mol. The van der Waals surface area contributed by atoms with E-state index in [1.807, 2.05) is 0 Å². The molecule has 0 fully saturated rings. The van der Waals surface area contributed by atoms with Crippen molar-refractivity contribution in [1.29, 1.82) is 0 Å². The SMILES string of the molecule is CC(CCC(=O)O)Sc1ccc(C(C)(C)C)cc1. The molecule has 0 amide bonds. The highest BCUT2D eigenvalue weighted by Crippen LogP contribution is 2.29. The topological polar surface area (TPSA) is 37.3 Å². The summed E-state index contributed by atoms with van der Waals surface area (Å²) in [7, 11) is 0. The van der Waals surface area contributed by atoms with E-state index in [1.165, 1.54) is 10.5 Å². The maximum absolute atomic E-state index is 10.5. The molecule has 0 heterocycles. The number of aliphatic carboxylic acids is 1. The van der Waals surface area contributed by atoms with Crippen LogP contribution in [0.2, 0.25) is 0 Å². The zero-order valence-electron chi connectivity index (χ0n) is 11.6. The third-order valence-corrected chi connectivity index (χ3v) is 4.00. The second kappa shape index (κ2) is 6.28. The first-order valence-corrected chi connectivity index (χ1v) is 7.16. The van der Waals surface area contributed by atoms with Gasteiger partial charge in [0.2, 0.25) is 0 Å². The number of hydrogen-bond donors (Lipinski definition) is 1. The van der Waals surface area contributed by atoms with Gasteiger partial charge in [-0.2, -0.15) is 0 Å². The highest BCUT2D eigenvalue weighted by Gasteiger charge is 2.13. The van der Waals surface area contributed by atoms with Crippen LogP contribution in [-0.2, 0) is 10.2 Å². The fraction of sp³-hybridized carbons (Fsp3) is 0.533. The van der Waals surface area contributed by atoms with Crippen molar-refractivity contribution in [3.8, 4) is 0 Å². The molecule has 0 bridgehead atoms. The van der Waals surface area contributed by atoms with Gasteiger partial charge in [-0.25, -0.2) is 0 Å². The second-order valence-electron chi connectivity index (χ2n) is 5.64. The van der Waals surface area contributed by atoms with E-state index in [0.29, 0.717) is 11.7 Å². The molecule has 1 N–H and O–H groups in total. The van der Waals surface area contributed by atoms with Crippen LogP contribution < -0.4 is 0 Å². The van der Waals surface area contributed by atoms with Crippen LogP contribution in [0.4, 0.5) is 0 Å². The Hall–Kier alpha value is -0.960. The molecule has 100 valence electrons. The first-order valence-electron chi connectivity index (χ1n) is 6.28. The minimum Gasteiger partial charge on any atom is -0.481 e. The van der Waals surface area contributed by atoms with Crippen LogP contribution >= 0.6 is 11.8 Å². The lowest BCUT2D eigenvalue weighted by molar-refractivity contribution is -0.137. The number of thioether (sulfide) groups is 1. The molecule has 0 saturated carbocycles. The summed E-state index contributed by atoms with van der Waals surface area (Å²) in [6.07, 6.45) is 0.954. The molecule has 1 rings (SSSR count). The molecule has 0 saturated heterocycles. The lowest BCUT2D eigenvalue weighted by atomic mass is 9.87. The Labute approximate surface area is 114 Å². The van der Waals surface area contributed by atoms with Gasteiger partial charge >= 0.3 is 5.97 Å². The molecule has 18 heavy (non-hydrogen) atoms. The lowest BCUT2D eigenvalue weighted by Gasteiger charge is -2.19. The predicted molar refractivity (Wildman–Crippen MR) is 77.3 cm³/mol. The van der Waals surface area contributed by atoms with Gasteiger partial charge in [-0.15, -0.1) is 11.8 Å². The van der Waals surface area contributed by atoms with Gasteiger partial charge in [0.05, 0.1) is 0 Å².